The highest BCUT2D eigenvalue weighted by molar-refractivity contribution is 7.26. The quantitative estimate of drug-likeness (QED) is 0.144. The predicted octanol–water partition coefficient (Wildman–Crippen LogP) is 23.6. The number of thiophene rings is 2. The number of hydrogen-bond acceptors (Lipinski definition) is 6. The highest BCUT2D eigenvalue weighted by Crippen LogP contribution is 2.41. The van der Waals surface area contributed by atoms with E-state index in [9.17, 15) is 0 Å². The van der Waals surface area contributed by atoms with Gasteiger partial charge in [-0.25, -0.2) is 19.9 Å². The second-order valence-electron chi connectivity index (χ2n) is 23.7. The topological polar surface area (TPSA) is 61.4 Å². The van der Waals surface area contributed by atoms with Gasteiger partial charge in [-0.2, -0.15) is 0 Å². The maximum atomic E-state index is 5.25. The summed E-state index contributed by atoms with van der Waals surface area (Å²) in [6, 6.07) is 116. The average molecular weight is 1240 g/mol. The molecule has 0 aliphatic rings. The molecule has 8 heteroatoms. The molecule has 440 valence electrons. The summed E-state index contributed by atoms with van der Waals surface area (Å²) >= 11 is 3.64. The van der Waals surface area contributed by atoms with Gasteiger partial charge in [0.05, 0.1) is 44.8 Å². The first kappa shape index (κ1) is 54.9. The normalized spacial score (nSPS) is 11.6. The Balaban J connectivity index is 0.000000139. The molecule has 0 fully saturated rings. The van der Waals surface area contributed by atoms with Gasteiger partial charge in [0.2, 0.25) is 0 Å². The van der Waals surface area contributed by atoms with E-state index in [0.29, 0.717) is 5.82 Å². The molecule has 0 unspecified atom stereocenters. The Morgan fingerprint density at radius 2 is 0.521 bits per heavy atom. The van der Waals surface area contributed by atoms with E-state index in [4.69, 9.17) is 19.9 Å². The SMILES string of the molecule is c1ccc(-c2cc(-c3cccc(-n4c5ccccc5c5ccccc54)c3)nc(-c3ccc4c(c3)sc3ccccc34)n2)cc1.c1ccc(-c2ccc3c4ccccc4n(-c4cccc(-c5nc(-c6ccccc6)cc(-c6ccc7c(c6)sc6ccccc67)n5)c4)c3c2)cc1. The summed E-state index contributed by atoms with van der Waals surface area (Å²) in [6.07, 6.45) is 0. The van der Waals surface area contributed by atoms with Crippen molar-refractivity contribution in [3.8, 4) is 90.3 Å². The van der Waals surface area contributed by atoms with Gasteiger partial charge in [-0.15, -0.1) is 22.7 Å². The molecule has 19 aromatic rings. The van der Waals surface area contributed by atoms with Crippen LogP contribution >= 0.6 is 22.7 Å². The smallest absolute Gasteiger partial charge is 0.160 e. The zero-order valence-electron chi connectivity index (χ0n) is 50.7. The van der Waals surface area contributed by atoms with Crippen LogP contribution in [0.5, 0.6) is 0 Å². The standard InChI is InChI=1S/C46H29N3S.C40H25N3S/c1-3-12-30(13-4-1)32-22-24-37-36-18-7-9-20-42(36)49(43(37)27-32)35-17-11-16-34(26-35)46-47-40(31-14-5-2-6-15-31)29-41(48-46)33-23-25-39-38-19-8-10-21-44(38)50-45(39)28-33;1-2-11-26(12-3-1)34-25-35(42-40(41-34)28-21-22-33-32-17-6-9-20-38(32)44-39(33)24-28)27-13-10-14-29(23-27)43-36-18-7-4-15-30(36)31-16-5-8-19-37(31)43/h1-29H;1-25H. The summed E-state index contributed by atoms with van der Waals surface area (Å²) in [5.74, 6) is 1.42. The lowest BCUT2D eigenvalue weighted by Crippen LogP contribution is -1.98. The van der Waals surface area contributed by atoms with Gasteiger partial charge in [0.25, 0.3) is 0 Å². The van der Waals surface area contributed by atoms with Crippen molar-refractivity contribution in [2.45, 2.75) is 0 Å². The lowest BCUT2D eigenvalue weighted by atomic mass is 10.0. The molecule has 13 aromatic carbocycles. The molecule has 0 radical (unpaired) electrons. The first-order chi connectivity index (χ1) is 46.6. The zero-order chi connectivity index (χ0) is 62.1. The van der Waals surface area contributed by atoms with Crippen molar-refractivity contribution < 1.29 is 0 Å². The van der Waals surface area contributed by atoms with Crippen molar-refractivity contribution in [2.24, 2.45) is 0 Å². The Bertz CT molecular complexity index is 6070. The van der Waals surface area contributed by atoms with Crippen LogP contribution in [0.25, 0.3) is 174 Å². The Hall–Kier alpha value is -11.9. The fourth-order valence-electron chi connectivity index (χ4n) is 13.6. The van der Waals surface area contributed by atoms with Crippen LogP contribution in [0, 0.1) is 0 Å². The number of fused-ring (bicyclic) bond motifs is 12. The van der Waals surface area contributed by atoms with Gasteiger partial charge < -0.3 is 9.13 Å². The van der Waals surface area contributed by atoms with Gasteiger partial charge in [-0.3, -0.25) is 0 Å². The van der Waals surface area contributed by atoms with Crippen LogP contribution < -0.4 is 0 Å². The third-order valence-corrected chi connectivity index (χ3v) is 20.3. The van der Waals surface area contributed by atoms with Crippen molar-refractivity contribution in [3.63, 3.8) is 0 Å². The molecule has 0 atom stereocenters. The molecular formula is C86H54N6S2. The van der Waals surface area contributed by atoms with Crippen molar-refractivity contribution in [3.05, 3.63) is 328 Å². The van der Waals surface area contributed by atoms with Gasteiger partial charge in [0.15, 0.2) is 11.6 Å². The predicted molar refractivity (Wildman–Crippen MR) is 397 cm³/mol. The molecule has 0 aliphatic heterocycles. The van der Waals surface area contributed by atoms with Crippen molar-refractivity contribution in [1.82, 2.24) is 29.1 Å². The first-order valence-electron chi connectivity index (χ1n) is 31.6. The van der Waals surface area contributed by atoms with Crippen molar-refractivity contribution in [1.29, 1.82) is 0 Å². The molecule has 0 N–H and O–H groups in total. The van der Waals surface area contributed by atoms with Crippen LogP contribution in [0.1, 0.15) is 0 Å². The molecule has 0 spiro atoms. The fraction of sp³-hybridized carbons (Fsp3) is 0. The molecular weight excluding hydrogens is 1180 g/mol. The summed E-state index contributed by atoms with van der Waals surface area (Å²) in [6.45, 7) is 0. The van der Waals surface area contributed by atoms with E-state index in [1.54, 1.807) is 0 Å². The number of para-hydroxylation sites is 3. The zero-order valence-corrected chi connectivity index (χ0v) is 52.3. The van der Waals surface area contributed by atoms with E-state index in [0.717, 1.165) is 73.4 Å². The van der Waals surface area contributed by atoms with E-state index in [-0.39, 0.29) is 0 Å². The van der Waals surface area contributed by atoms with Gasteiger partial charge in [0.1, 0.15) is 0 Å². The van der Waals surface area contributed by atoms with E-state index >= 15 is 0 Å². The van der Waals surface area contributed by atoms with E-state index < -0.39 is 0 Å². The fourth-order valence-corrected chi connectivity index (χ4v) is 15.9. The van der Waals surface area contributed by atoms with Crippen LogP contribution in [0.3, 0.4) is 0 Å². The minimum absolute atomic E-state index is 0.699. The second kappa shape index (κ2) is 23.1. The maximum absolute atomic E-state index is 5.25. The van der Waals surface area contributed by atoms with Crippen LogP contribution in [0.2, 0.25) is 0 Å². The number of nitrogens with zero attached hydrogens (tertiary/aromatic N) is 6. The second-order valence-corrected chi connectivity index (χ2v) is 25.9. The molecule has 6 nitrogen and oxygen atoms in total. The highest BCUT2D eigenvalue weighted by atomic mass is 32.1. The third-order valence-electron chi connectivity index (χ3n) is 18.0. The van der Waals surface area contributed by atoms with E-state index in [1.807, 2.05) is 34.8 Å². The minimum Gasteiger partial charge on any atom is -0.309 e. The van der Waals surface area contributed by atoms with Crippen LogP contribution in [-0.4, -0.2) is 29.1 Å². The van der Waals surface area contributed by atoms with Crippen molar-refractivity contribution in [2.75, 3.05) is 0 Å². The summed E-state index contributed by atoms with van der Waals surface area (Å²) in [5, 5.41) is 10.1. The van der Waals surface area contributed by atoms with E-state index in [1.165, 1.54) is 95.1 Å². The summed E-state index contributed by atoms with van der Waals surface area (Å²) in [4.78, 5) is 20.7. The number of rotatable bonds is 9. The molecule has 0 saturated heterocycles. The molecule has 0 amide bonds. The molecule has 19 rings (SSSR count). The van der Waals surface area contributed by atoms with Crippen LogP contribution in [0.4, 0.5) is 0 Å². The molecule has 94 heavy (non-hydrogen) atoms. The lowest BCUT2D eigenvalue weighted by molar-refractivity contribution is 1.16. The molecule has 0 aliphatic carbocycles. The van der Waals surface area contributed by atoms with Crippen molar-refractivity contribution >= 4 is 107 Å². The summed E-state index contributed by atoms with van der Waals surface area (Å²) < 4.78 is 9.81. The number of hydrogen-bond donors (Lipinski definition) is 0. The van der Waals surface area contributed by atoms with Gasteiger partial charge in [-0.05, 0) is 96.1 Å². The molecule has 6 aromatic heterocycles. The monoisotopic (exact) mass is 1230 g/mol. The number of aromatic nitrogens is 6. The Morgan fingerprint density at radius 1 is 0.191 bits per heavy atom. The van der Waals surface area contributed by atoms with E-state index in [2.05, 4.69) is 325 Å². The summed E-state index contributed by atoms with van der Waals surface area (Å²) in [5.41, 5.74) is 19.1. The maximum Gasteiger partial charge on any atom is 0.160 e. The minimum atomic E-state index is 0.699. The van der Waals surface area contributed by atoms with Crippen LogP contribution in [0.15, 0.2) is 328 Å². The highest BCUT2D eigenvalue weighted by Gasteiger charge is 2.19. The summed E-state index contributed by atoms with van der Waals surface area (Å²) in [7, 11) is 0. The van der Waals surface area contributed by atoms with Gasteiger partial charge >= 0.3 is 0 Å². The van der Waals surface area contributed by atoms with Gasteiger partial charge in [0, 0.05) is 107 Å². The Morgan fingerprint density at radius 3 is 1.04 bits per heavy atom. The largest absolute Gasteiger partial charge is 0.309 e. The third kappa shape index (κ3) is 9.79. The lowest BCUT2D eigenvalue weighted by Gasteiger charge is -2.12. The Labute approximate surface area is 549 Å². The van der Waals surface area contributed by atoms with Gasteiger partial charge in [-0.1, -0.05) is 243 Å². The first-order valence-corrected chi connectivity index (χ1v) is 33.2. The molecule has 0 saturated carbocycles. The molecule has 6 heterocycles. The molecule has 0 bridgehead atoms. The average Bonchev–Trinajstić information content (AvgIpc) is 1.61. The number of benzene rings is 13. The van der Waals surface area contributed by atoms with Crippen LogP contribution in [-0.2, 0) is 0 Å². The Kier molecular flexibility index (Phi) is 13.5.